The molecule has 0 aromatic heterocycles. The summed E-state index contributed by atoms with van der Waals surface area (Å²) in [4.78, 5) is 0. The molecule has 0 aliphatic heterocycles. The molecule has 4 rings (SSSR count). The van der Waals surface area contributed by atoms with Crippen molar-refractivity contribution in [1.82, 2.24) is 0 Å². The van der Waals surface area contributed by atoms with E-state index in [0.717, 1.165) is 12.4 Å². The second-order valence-electron chi connectivity index (χ2n) is 18.6. The normalized spacial score (nSPS) is 12.6. The number of unbranched alkanes of at least 4 members (excludes halogenated alkanes) is 25. The number of hydrogen-bond acceptors (Lipinski definition) is 1. The number of hydrogen-bond donors (Lipinski definition) is 0. The Bertz CT molecular complexity index is 1400. The summed E-state index contributed by atoms with van der Waals surface area (Å²) in [6, 6.07) is 21.0. The minimum atomic E-state index is 0.225. The molecule has 0 amide bonds. The van der Waals surface area contributed by atoms with Gasteiger partial charge in [0.2, 0.25) is 0 Å². The van der Waals surface area contributed by atoms with Crippen LogP contribution in [0.2, 0.25) is 0 Å². The molecule has 1 aliphatic carbocycles. The minimum absolute atomic E-state index is 0.225. The fraction of sp³-hybridized carbons (Fsp3) is 0.684. The zero-order chi connectivity index (χ0) is 41.7. The van der Waals surface area contributed by atoms with E-state index in [-0.39, 0.29) is 5.41 Å². The van der Waals surface area contributed by atoms with Crippen molar-refractivity contribution in [1.29, 1.82) is 0 Å². The third-order valence-corrected chi connectivity index (χ3v) is 13.2. The van der Waals surface area contributed by atoms with Gasteiger partial charge in [-0.2, -0.15) is 0 Å². The van der Waals surface area contributed by atoms with E-state index in [9.17, 15) is 0 Å². The predicted octanol–water partition coefficient (Wildman–Crippen LogP) is 19.0. The van der Waals surface area contributed by atoms with E-state index in [1.807, 2.05) is 0 Å². The van der Waals surface area contributed by atoms with Crippen LogP contribution in [0.4, 0.5) is 0 Å². The van der Waals surface area contributed by atoms with Gasteiger partial charge in [-0.3, -0.25) is 0 Å². The molecule has 0 spiro atoms. The van der Waals surface area contributed by atoms with Crippen LogP contribution in [0, 0.1) is 27.7 Å². The maximum atomic E-state index is 5.86. The van der Waals surface area contributed by atoms with Gasteiger partial charge < -0.3 is 4.74 Å². The van der Waals surface area contributed by atoms with Crippen molar-refractivity contribution in [3.63, 3.8) is 0 Å². The highest BCUT2D eigenvalue weighted by Crippen LogP contribution is 2.54. The third-order valence-electron chi connectivity index (χ3n) is 13.2. The Morgan fingerprint density at radius 2 is 0.690 bits per heavy atom. The molecule has 0 saturated carbocycles. The lowest BCUT2D eigenvalue weighted by atomic mass is 9.70. The van der Waals surface area contributed by atoms with Crippen LogP contribution >= 0.6 is 0 Å². The average Bonchev–Trinajstić information content (AvgIpc) is 3.47. The highest BCUT2D eigenvalue weighted by molar-refractivity contribution is 5.81. The number of fused-ring (bicyclic) bond motifs is 3. The molecule has 0 unspecified atom stereocenters. The maximum Gasteiger partial charge on any atom is 0.122 e. The van der Waals surface area contributed by atoms with Gasteiger partial charge in [0.15, 0.2) is 0 Å². The second-order valence-corrected chi connectivity index (χ2v) is 18.6. The van der Waals surface area contributed by atoms with E-state index in [2.05, 4.69) is 103 Å². The lowest BCUT2D eigenvalue weighted by Crippen LogP contribution is -2.25. The van der Waals surface area contributed by atoms with E-state index in [0.29, 0.717) is 0 Å². The lowest BCUT2D eigenvalue weighted by molar-refractivity contribution is 0.302. The van der Waals surface area contributed by atoms with Gasteiger partial charge >= 0.3 is 0 Å². The number of benzene rings is 3. The Hall–Kier alpha value is -2.54. The predicted molar refractivity (Wildman–Crippen MR) is 259 cm³/mol. The summed E-state index contributed by atoms with van der Waals surface area (Å²) in [5.41, 5.74) is 11.9. The Kier molecular flexibility index (Phi) is 26.2. The van der Waals surface area contributed by atoms with Crippen molar-refractivity contribution in [3.05, 3.63) is 88.0 Å². The average molecular weight is 793 g/mol. The standard InChI is InChI=1S/C39H62.C18H30O/c1-5-7-9-11-13-15-17-19-21-23-29-39(30-24-22-20-18-16-14-12-10-8-6-2)37-31-33(3)25-27-35(37)36-28-26-34(4)32-38(36)39;1-4-5-6-7-8-9-10-11-14-19-18-15-16(2)12-13-17(18)3/h25-28,31-32H,5-24,29-30H2,1-4H3;12-13,15H,4-11,14H2,1-3H3. The van der Waals surface area contributed by atoms with Crippen molar-refractivity contribution in [2.24, 2.45) is 0 Å². The van der Waals surface area contributed by atoms with Gasteiger partial charge in [-0.15, -0.1) is 0 Å². The van der Waals surface area contributed by atoms with E-state index < -0.39 is 0 Å². The molecule has 0 heterocycles. The number of aryl methyl sites for hydroxylation is 4. The van der Waals surface area contributed by atoms with Gasteiger partial charge in [0.25, 0.3) is 0 Å². The third kappa shape index (κ3) is 18.4. The van der Waals surface area contributed by atoms with E-state index in [4.69, 9.17) is 4.74 Å². The highest BCUT2D eigenvalue weighted by atomic mass is 16.5. The fourth-order valence-corrected chi connectivity index (χ4v) is 9.50. The second kappa shape index (κ2) is 30.5. The van der Waals surface area contributed by atoms with Crippen LogP contribution in [0.1, 0.15) is 247 Å². The van der Waals surface area contributed by atoms with E-state index in [1.165, 1.54) is 226 Å². The minimum Gasteiger partial charge on any atom is -0.493 e. The Balaban J connectivity index is 0.000000397. The van der Waals surface area contributed by atoms with Crippen LogP contribution in [0.3, 0.4) is 0 Å². The van der Waals surface area contributed by atoms with Crippen LogP contribution in [0.5, 0.6) is 5.75 Å². The summed E-state index contributed by atoms with van der Waals surface area (Å²) in [6.07, 6.45) is 41.8. The van der Waals surface area contributed by atoms with Gasteiger partial charge in [-0.25, -0.2) is 0 Å². The first-order chi connectivity index (χ1) is 28.4. The molecule has 3 aromatic rings. The van der Waals surface area contributed by atoms with Crippen LogP contribution in [-0.4, -0.2) is 6.61 Å². The first kappa shape index (κ1) is 49.8. The van der Waals surface area contributed by atoms with Crippen molar-refractivity contribution in [2.75, 3.05) is 6.61 Å². The molecule has 0 saturated heterocycles. The molecule has 58 heavy (non-hydrogen) atoms. The molecule has 1 heteroatoms. The van der Waals surface area contributed by atoms with Gasteiger partial charge in [-0.05, 0) is 86.4 Å². The smallest absolute Gasteiger partial charge is 0.122 e. The van der Waals surface area contributed by atoms with Gasteiger partial charge in [-0.1, -0.05) is 254 Å². The molecule has 0 fully saturated rings. The van der Waals surface area contributed by atoms with Crippen LogP contribution in [-0.2, 0) is 5.41 Å². The van der Waals surface area contributed by atoms with Crippen molar-refractivity contribution >= 4 is 0 Å². The molecular formula is C57H92O. The zero-order valence-electron chi connectivity index (χ0n) is 39.5. The molecule has 1 nitrogen and oxygen atoms in total. The van der Waals surface area contributed by atoms with E-state index in [1.54, 1.807) is 11.1 Å². The van der Waals surface area contributed by atoms with Crippen molar-refractivity contribution in [3.8, 4) is 16.9 Å². The summed E-state index contributed by atoms with van der Waals surface area (Å²) in [5.74, 6) is 1.06. The summed E-state index contributed by atoms with van der Waals surface area (Å²) >= 11 is 0. The Labute approximate surface area is 361 Å². The largest absolute Gasteiger partial charge is 0.493 e. The van der Waals surface area contributed by atoms with Crippen LogP contribution in [0.15, 0.2) is 54.6 Å². The Morgan fingerprint density at radius 3 is 1.09 bits per heavy atom. The number of rotatable bonds is 32. The maximum absolute atomic E-state index is 5.86. The zero-order valence-corrected chi connectivity index (χ0v) is 39.5. The first-order valence-corrected chi connectivity index (χ1v) is 25.3. The van der Waals surface area contributed by atoms with Gasteiger partial charge in [0, 0.05) is 5.41 Å². The molecule has 3 aromatic carbocycles. The lowest BCUT2D eigenvalue weighted by Gasteiger charge is -2.33. The van der Waals surface area contributed by atoms with Crippen LogP contribution in [0.25, 0.3) is 11.1 Å². The van der Waals surface area contributed by atoms with Gasteiger partial charge in [0.05, 0.1) is 6.61 Å². The summed E-state index contributed by atoms with van der Waals surface area (Å²) in [6.45, 7) is 16.6. The van der Waals surface area contributed by atoms with Crippen molar-refractivity contribution in [2.45, 2.75) is 247 Å². The highest BCUT2D eigenvalue weighted by Gasteiger charge is 2.42. The first-order valence-electron chi connectivity index (χ1n) is 25.3. The molecule has 326 valence electrons. The SMILES string of the molecule is CCCCCCCCCCCCC1(CCCCCCCCCCCC)c2cc(C)ccc2-c2ccc(C)cc21.CCCCCCCCCCOc1cc(C)ccc1C. The summed E-state index contributed by atoms with van der Waals surface area (Å²) < 4.78 is 5.86. The summed E-state index contributed by atoms with van der Waals surface area (Å²) in [7, 11) is 0. The monoisotopic (exact) mass is 793 g/mol. The van der Waals surface area contributed by atoms with Crippen LogP contribution < -0.4 is 4.74 Å². The Morgan fingerprint density at radius 1 is 0.362 bits per heavy atom. The van der Waals surface area contributed by atoms with E-state index >= 15 is 0 Å². The number of ether oxygens (including phenoxy) is 1. The molecule has 0 bridgehead atoms. The molecule has 0 atom stereocenters. The topological polar surface area (TPSA) is 9.23 Å². The molecule has 1 aliphatic rings. The molecular weight excluding hydrogens is 701 g/mol. The quantitative estimate of drug-likeness (QED) is 0.0572. The molecule has 0 radical (unpaired) electrons. The molecule has 0 N–H and O–H groups in total. The van der Waals surface area contributed by atoms with Crippen molar-refractivity contribution < 1.29 is 4.74 Å². The van der Waals surface area contributed by atoms with Gasteiger partial charge in [0.1, 0.15) is 5.75 Å². The fourth-order valence-electron chi connectivity index (χ4n) is 9.50. The summed E-state index contributed by atoms with van der Waals surface area (Å²) in [5, 5.41) is 0.